The fourth-order valence-electron chi connectivity index (χ4n) is 3.51. The van der Waals surface area contributed by atoms with Crippen molar-refractivity contribution in [3.8, 4) is 22.8 Å². The van der Waals surface area contributed by atoms with E-state index in [1.165, 1.54) is 6.07 Å². The lowest BCUT2D eigenvalue weighted by Gasteiger charge is -2.07. The van der Waals surface area contributed by atoms with Crippen LogP contribution in [-0.2, 0) is 11.2 Å². The van der Waals surface area contributed by atoms with Gasteiger partial charge in [-0.05, 0) is 49.4 Å². The number of hydrogen-bond donors (Lipinski definition) is 2. The quantitative estimate of drug-likeness (QED) is 0.411. The van der Waals surface area contributed by atoms with Crippen molar-refractivity contribution in [2.45, 2.75) is 13.3 Å². The van der Waals surface area contributed by atoms with Gasteiger partial charge in [-0.3, -0.25) is 4.79 Å². The topological polar surface area (TPSA) is 92.9 Å². The Hall–Kier alpha value is -4.04. The highest BCUT2D eigenvalue weighted by Crippen LogP contribution is 2.28. The molecule has 3 aromatic heterocycles. The molecule has 0 aliphatic rings. The second-order valence-corrected chi connectivity index (χ2v) is 8.27. The van der Waals surface area contributed by atoms with Crippen LogP contribution in [0.2, 0.25) is 0 Å². The molecule has 2 aromatic carbocycles. The van der Waals surface area contributed by atoms with Crippen LogP contribution in [-0.4, -0.2) is 30.8 Å². The molecule has 0 aliphatic carbocycles. The lowest BCUT2D eigenvalue weighted by atomic mass is 10.1. The molecule has 1 amide bonds. The van der Waals surface area contributed by atoms with E-state index in [9.17, 15) is 9.90 Å². The number of nitrogens with zero attached hydrogens (tertiary/aromatic N) is 4. The first-order chi connectivity index (χ1) is 15.5. The monoisotopic (exact) mass is 441 g/mol. The standard InChI is InChI=1S/C24H19N5O2S/c1-15-4-2-7-23(26-15)29-21(16-8-9-20-22(10-16)32-14-25-20)12-18(28-29)13-24(31)27-17-5-3-6-19(30)11-17/h2-12,14,30H,13H2,1H3,(H,27,31). The summed E-state index contributed by atoms with van der Waals surface area (Å²) >= 11 is 1.58. The number of pyridine rings is 1. The molecular formula is C24H19N5O2S. The Kier molecular flexibility index (Phi) is 5.12. The maximum atomic E-state index is 12.6. The summed E-state index contributed by atoms with van der Waals surface area (Å²) in [4.78, 5) is 21.6. The first kappa shape index (κ1) is 19.9. The zero-order valence-electron chi connectivity index (χ0n) is 17.2. The van der Waals surface area contributed by atoms with Crippen LogP contribution >= 0.6 is 11.3 Å². The second kappa shape index (κ2) is 8.24. The maximum absolute atomic E-state index is 12.6. The number of fused-ring (bicyclic) bond motifs is 1. The van der Waals surface area contributed by atoms with Crippen LogP contribution in [0.25, 0.3) is 27.3 Å². The molecule has 2 N–H and O–H groups in total. The number of rotatable bonds is 5. The highest BCUT2D eigenvalue weighted by Gasteiger charge is 2.16. The van der Waals surface area contributed by atoms with Gasteiger partial charge in [0.05, 0.1) is 33.5 Å². The molecule has 0 aliphatic heterocycles. The van der Waals surface area contributed by atoms with E-state index in [-0.39, 0.29) is 18.1 Å². The van der Waals surface area contributed by atoms with E-state index in [1.54, 1.807) is 34.2 Å². The van der Waals surface area contributed by atoms with E-state index >= 15 is 0 Å². The Balaban J connectivity index is 1.51. The molecule has 0 bridgehead atoms. The van der Waals surface area contributed by atoms with Crippen LogP contribution in [0.3, 0.4) is 0 Å². The van der Waals surface area contributed by atoms with Gasteiger partial charge >= 0.3 is 0 Å². The predicted molar refractivity (Wildman–Crippen MR) is 125 cm³/mol. The number of anilines is 1. The molecule has 0 saturated carbocycles. The summed E-state index contributed by atoms with van der Waals surface area (Å²) in [6, 6.07) is 20.2. The molecule has 7 nitrogen and oxygen atoms in total. The molecule has 0 atom stereocenters. The number of aromatic hydroxyl groups is 1. The van der Waals surface area contributed by atoms with Crippen molar-refractivity contribution in [1.82, 2.24) is 19.7 Å². The Bertz CT molecular complexity index is 1440. The van der Waals surface area contributed by atoms with Gasteiger partial charge in [0.15, 0.2) is 5.82 Å². The average molecular weight is 442 g/mol. The Morgan fingerprint density at radius 1 is 1.09 bits per heavy atom. The van der Waals surface area contributed by atoms with Gasteiger partial charge in [0, 0.05) is 23.0 Å². The van der Waals surface area contributed by atoms with Crippen molar-refractivity contribution in [2.24, 2.45) is 0 Å². The number of amides is 1. The molecule has 0 spiro atoms. The van der Waals surface area contributed by atoms with E-state index < -0.39 is 0 Å². The fourth-order valence-corrected chi connectivity index (χ4v) is 4.23. The molecule has 0 unspecified atom stereocenters. The average Bonchev–Trinajstić information content (AvgIpc) is 3.40. The number of aryl methyl sites for hydroxylation is 1. The highest BCUT2D eigenvalue weighted by molar-refractivity contribution is 7.16. The second-order valence-electron chi connectivity index (χ2n) is 7.38. The molecule has 32 heavy (non-hydrogen) atoms. The number of carbonyl (C=O) groups is 1. The number of hydrogen-bond acceptors (Lipinski definition) is 6. The Labute approximate surface area is 188 Å². The molecule has 0 fully saturated rings. The smallest absolute Gasteiger partial charge is 0.230 e. The highest BCUT2D eigenvalue weighted by atomic mass is 32.1. The summed E-state index contributed by atoms with van der Waals surface area (Å²) < 4.78 is 2.85. The molecule has 5 rings (SSSR count). The summed E-state index contributed by atoms with van der Waals surface area (Å²) in [5.74, 6) is 0.560. The summed E-state index contributed by atoms with van der Waals surface area (Å²) in [5.41, 5.74) is 6.62. The first-order valence-electron chi connectivity index (χ1n) is 10.0. The van der Waals surface area contributed by atoms with Gasteiger partial charge < -0.3 is 10.4 Å². The van der Waals surface area contributed by atoms with Crippen LogP contribution in [0.4, 0.5) is 5.69 Å². The summed E-state index contributed by atoms with van der Waals surface area (Å²) in [6.45, 7) is 1.93. The van der Waals surface area contributed by atoms with Crippen molar-refractivity contribution in [2.75, 3.05) is 5.32 Å². The number of aromatic nitrogens is 4. The Morgan fingerprint density at radius 3 is 2.81 bits per heavy atom. The van der Waals surface area contributed by atoms with Gasteiger partial charge in [-0.1, -0.05) is 18.2 Å². The molecule has 158 valence electrons. The minimum Gasteiger partial charge on any atom is -0.508 e. The van der Waals surface area contributed by atoms with Crippen LogP contribution in [0, 0.1) is 6.92 Å². The Morgan fingerprint density at radius 2 is 1.97 bits per heavy atom. The number of benzene rings is 2. The van der Waals surface area contributed by atoms with E-state index in [0.717, 1.165) is 27.2 Å². The zero-order chi connectivity index (χ0) is 22.1. The van der Waals surface area contributed by atoms with Crippen molar-refractivity contribution in [1.29, 1.82) is 0 Å². The molecule has 0 saturated heterocycles. The van der Waals surface area contributed by atoms with Gasteiger partial charge in [-0.15, -0.1) is 11.3 Å². The summed E-state index contributed by atoms with van der Waals surface area (Å²) in [6.07, 6.45) is 0.0876. The minimum absolute atomic E-state index is 0.0876. The third-order valence-electron chi connectivity index (χ3n) is 4.95. The molecule has 8 heteroatoms. The number of carbonyl (C=O) groups excluding carboxylic acids is 1. The van der Waals surface area contributed by atoms with Gasteiger partial charge in [0.1, 0.15) is 5.75 Å². The van der Waals surface area contributed by atoms with Crippen LogP contribution in [0.1, 0.15) is 11.4 Å². The SMILES string of the molecule is Cc1cccc(-n2nc(CC(=O)Nc3cccc(O)c3)cc2-c2ccc3ncsc3c2)n1. The predicted octanol–water partition coefficient (Wildman–Crippen LogP) is 4.74. The lowest BCUT2D eigenvalue weighted by Crippen LogP contribution is -2.15. The largest absolute Gasteiger partial charge is 0.508 e. The van der Waals surface area contributed by atoms with Crippen LogP contribution in [0.15, 0.2) is 72.2 Å². The normalized spacial score (nSPS) is 11.0. The lowest BCUT2D eigenvalue weighted by molar-refractivity contribution is -0.115. The van der Waals surface area contributed by atoms with Crippen LogP contribution < -0.4 is 5.32 Å². The zero-order valence-corrected chi connectivity index (χ0v) is 18.0. The van der Waals surface area contributed by atoms with E-state index in [2.05, 4.69) is 21.4 Å². The third kappa shape index (κ3) is 4.08. The van der Waals surface area contributed by atoms with E-state index in [4.69, 9.17) is 5.10 Å². The van der Waals surface area contributed by atoms with Crippen molar-refractivity contribution in [3.05, 3.63) is 83.6 Å². The fraction of sp³-hybridized carbons (Fsp3) is 0.0833. The third-order valence-corrected chi connectivity index (χ3v) is 5.74. The van der Waals surface area contributed by atoms with Gasteiger partial charge in [-0.2, -0.15) is 5.10 Å². The summed E-state index contributed by atoms with van der Waals surface area (Å²) in [7, 11) is 0. The van der Waals surface area contributed by atoms with Crippen molar-refractivity contribution >= 4 is 33.1 Å². The molecular weight excluding hydrogens is 422 g/mol. The van der Waals surface area contributed by atoms with Crippen molar-refractivity contribution in [3.63, 3.8) is 0 Å². The van der Waals surface area contributed by atoms with E-state index in [0.29, 0.717) is 17.2 Å². The molecule has 3 heterocycles. The number of phenols is 1. The summed E-state index contributed by atoms with van der Waals surface area (Å²) in [5, 5.41) is 17.1. The van der Waals surface area contributed by atoms with Gasteiger partial charge in [0.2, 0.25) is 5.91 Å². The number of phenolic OH excluding ortho intramolecular Hbond substituents is 1. The molecule has 5 aromatic rings. The minimum atomic E-state index is -0.220. The van der Waals surface area contributed by atoms with Crippen molar-refractivity contribution < 1.29 is 9.90 Å². The number of thiazole rings is 1. The van der Waals surface area contributed by atoms with Crippen LogP contribution in [0.5, 0.6) is 5.75 Å². The van der Waals surface area contributed by atoms with Gasteiger partial charge in [0.25, 0.3) is 0 Å². The maximum Gasteiger partial charge on any atom is 0.230 e. The van der Waals surface area contributed by atoms with Gasteiger partial charge in [-0.25, -0.2) is 14.6 Å². The number of nitrogens with one attached hydrogen (secondary N) is 1. The van der Waals surface area contributed by atoms with E-state index in [1.807, 2.05) is 48.8 Å². The molecule has 0 radical (unpaired) electrons. The first-order valence-corrected chi connectivity index (χ1v) is 10.9.